The van der Waals surface area contributed by atoms with Crippen LogP contribution in [0.25, 0.3) is 0 Å². The van der Waals surface area contributed by atoms with Crippen LogP contribution < -0.4 is 21.9 Å². The third kappa shape index (κ3) is 3.59. The van der Waals surface area contributed by atoms with Gasteiger partial charge in [-0.3, -0.25) is 14.3 Å². The Morgan fingerprint density at radius 1 is 1.30 bits per heavy atom. The summed E-state index contributed by atoms with van der Waals surface area (Å²) < 4.78 is 1.59. The first-order chi connectivity index (χ1) is 14.2. The van der Waals surface area contributed by atoms with Gasteiger partial charge in [0.05, 0.1) is 10.7 Å². The van der Waals surface area contributed by atoms with E-state index in [1.807, 2.05) is 6.92 Å². The monoisotopic (exact) mass is 448 g/mol. The van der Waals surface area contributed by atoms with Gasteiger partial charge < -0.3 is 16.4 Å². The Balaban J connectivity index is 1.58. The van der Waals surface area contributed by atoms with E-state index in [2.05, 4.69) is 21.8 Å². The molecule has 30 heavy (non-hydrogen) atoms. The maximum Gasteiger partial charge on any atom is 0.270 e. The van der Waals surface area contributed by atoms with Crippen molar-refractivity contribution >= 4 is 35.1 Å². The molecule has 0 amide bonds. The second-order valence-electron chi connectivity index (χ2n) is 8.69. The van der Waals surface area contributed by atoms with Crippen molar-refractivity contribution in [2.24, 2.45) is 24.1 Å². The lowest BCUT2D eigenvalue weighted by atomic mass is 9.73. The van der Waals surface area contributed by atoms with Crippen LogP contribution in [0.4, 0.5) is 11.8 Å². The van der Waals surface area contributed by atoms with Gasteiger partial charge in [-0.05, 0) is 50.0 Å². The van der Waals surface area contributed by atoms with Crippen LogP contribution in [-0.2, 0) is 7.05 Å². The number of hydrogen-bond donors (Lipinski definition) is 2. The molecular weight excluding hydrogens is 420 g/mol. The molecular formula is C21H29ClN6OS. The van der Waals surface area contributed by atoms with Gasteiger partial charge in [0.1, 0.15) is 10.7 Å². The molecule has 4 rings (SSSR count). The number of piperidine rings is 1. The van der Waals surface area contributed by atoms with Crippen LogP contribution >= 0.6 is 23.4 Å². The predicted molar refractivity (Wildman–Crippen MR) is 122 cm³/mol. The van der Waals surface area contributed by atoms with Gasteiger partial charge >= 0.3 is 0 Å². The highest BCUT2D eigenvalue weighted by Gasteiger charge is 2.46. The van der Waals surface area contributed by atoms with Crippen molar-refractivity contribution in [3.8, 4) is 0 Å². The van der Waals surface area contributed by atoms with Crippen LogP contribution in [0.2, 0.25) is 5.02 Å². The van der Waals surface area contributed by atoms with E-state index >= 15 is 0 Å². The number of aromatic nitrogens is 3. The first-order valence-electron chi connectivity index (χ1n) is 10.4. The van der Waals surface area contributed by atoms with E-state index in [9.17, 15) is 4.79 Å². The summed E-state index contributed by atoms with van der Waals surface area (Å²) in [7, 11) is 1.75. The summed E-state index contributed by atoms with van der Waals surface area (Å²) in [6.07, 6.45) is 6.12. The molecule has 2 aromatic rings. The molecule has 1 spiro atoms. The molecule has 2 aliphatic rings. The maximum atomic E-state index is 13.1. The van der Waals surface area contributed by atoms with E-state index in [0.717, 1.165) is 30.8 Å². The Bertz CT molecular complexity index is 1020. The lowest BCUT2D eigenvalue weighted by Gasteiger charge is -2.43. The zero-order valence-electron chi connectivity index (χ0n) is 17.7. The first kappa shape index (κ1) is 21.5. The van der Waals surface area contributed by atoms with E-state index in [0.29, 0.717) is 27.5 Å². The van der Waals surface area contributed by atoms with Crippen LogP contribution in [0.1, 0.15) is 38.3 Å². The Hall–Kier alpha value is -1.77. The molecule has 1 aliphatic carbocycles. The fourth-order valence-electron chi connectivity index (χ4n) is 4.88. The number of nitrogens with zero attached hydrogens (tertiary/aromatic N) is 4. The Kier molecular flexibility index (Phi) is 5.76. The summed E-state index contributed by atoms with van der Waals surface area (Å²) in [5, 5.41) is 0.525. The second-order valence-corrected chi connectivity index (χ2v) is 10.1. The molecule has 9 heteroatoms. The van der Waals surface area contributed by atoms with Crippen molar-refractivity contribution in [2.45, 2.75) is 55.4 Å². The molecule has 3 heterocycles. The number of aryl methyl sites for hydroxylation is 1. The molecule has 2 fully saturated rings. The standard InChI is InChI=1S/C21H29ClN6OS/c1-12-4-6-21(17(12)23)7-10-28(11-8-21)20-26-18(24)16(19(29)27(20)3)30-14-5-9-25-13(2)15(14)22/h5,9,12,17H,4,6-8,10-11,23-24H2,1-3H3/t12-,17-/m1/s1. The molecule has 0 bridgehead atoms. The second kappa shape index (κ2) is 8.05. The largest absolute Gasteiger partial charge is 0.382 e. The number of hydrogen-bond acceptors (Lipinski definition) is 7. The van der Waals surface area contributed by atoms with Gasteiger partial charge in [0, 0.05) is 37.3 Å². The van der Waals surface area contributed by atoms with E-state index < -0.39 is 0 Å². The molecule has 0 radical (unpaired) electrons. The zero-order chi connectivity index (χ0) is 21.6. The van der Waals surface area contributed by atoms with Crippen LogP contribution in [0, 0.1) is 18.3 Å². The number of nitrogens with two attached hydrogens (primary N) is 2. The van der Waals surface area contributed by atoms with Crippen molar-refractivity contribution in [3.63, 3.8) is 0 Å². The van der Waals surface area contributed by atoms with Gasteiger partial charge in [-0.2, -0.15) is 4.98 Å². The van der Waals surface area contributed by atoms with Gasteiger partial charge in [-0.1, -0.05) is 30.3 Å². The fourth-order valence-corrected chi connectivity index (χ4v) is 6.07. The minimum Gasteiger partial charge on any atom is -0.382 e. The Labute approximate surface area is 186 Å². The third-order valence-electron chi connectivity index (χ3n) is 6.95. The van der Waals surface area contributed by atoms with Gasteiger partial charge in [-0.15, -0.1) is 0 Å². The Morgan fingerprint density at radius 2 is 2.00 bits per heavy atom. The molecule has 1 saturated heterocycles. The van der Waals surface area contributed by atoms with Gasteiger partial charge in [0.25, 0.3) is 5.56 Å². The van der Waals surface area contributed by atoms with Crippen molar-refractivity contribution < 1.29 is 0 Å². The molecule has 0 aromatic carbocycles. The lowest BCUT2D eigenvalue weighted by Crippen LogP contribution is -2.49. The molecule has 2 aromatic heterocycles. The first-order valence-corrected chi connectivity index (χ1v) is 11.6. The average Bonchev–Trinajstić information content (AvgIpc) is 3.00. The molecule has 2 atom stereocenters. The highest BCUT2D eigenvalue weighted by molar-refractivity contribution is 7.99. The van der Waals surface area contributed by atoms with Crippen LogP contribution in [0.3, 0.4) is 0 Å². The van der Waals surface area contributed by atoms with E-state index in [1.54, 1.807) is 23.9 Å². The lowest BCUT2D eigenvalue weighted by molar-refractivity contribution is 0.185. The quantitative estimate of drug-likeness (QED) is 0.742. The van der Waals surface area contributed by atoms with Crippen molar-refractivity contribution in [1.82, 2.24) is 14.5 Å². The van der Waals surface area contributed by atoms with Gasteiger partial charge in [0.2, 0.25) is 5.95 Å². The van der Waals surface area contributed by atoms with Crippen molar-refractivity contribution in [2.75, 3.05) is 23.7 Å². The van der Waals surface area contributed by atoms with Gasteiger partial charge in [-0.25, -0.2) is 0 Å². The van der Waals surface area contributed by atoms with Crippen LogP contribution in [0.5, 0.6) is 0 Å². The fraction of sp³-hybridized carbons (Fsp3) is 0.571. The topological polar surface area (TPSA) is 103 Å². The number of nitrogen functional groups attached to an aromatic ring is 1. The molecule has 1 aliphatic heterocycles. The molecule has 0 unspecified atom stereocenters. The Morgan fingerprint density at radius 3 is 2.63 bits per heavy atom. The number of anilines is 2. The minimum atomic E-state index is -0.167. The summed E-state index contributed by atoms with van der Waals surface area (Å²) in [6.45, 7) is 5.75. The highest BCUT2D eigenvalue weighted by atomic mass is 35.5. The third-order valence-corrected chi connectivity index (χ3v) is 8.69. The summed E-state index contributed by atoms with van der Waals surface area (Å²) in [5.41, 5.74) is 13.6. The maximum absolute atomic E-state index is 13.1. The predicted octanol–water partition coefficient (Wildman–Crippen LogP) is 3.21. The highest BCUT2D eigenvalue weighted by Crippen LogP contribution is 2.48. The summed E-state index contributed by atoms with van der Waals surface area (Å²) in [5.74, 6) is 1.43. The van der Waals surface area contributed by atoms with Crippen LogP contribution in [-0.4, -0.2) is 33.7 Å². The van der Waals surface area contributed by atoms with E-state index in [-0.39, 0.29) is 22.8 Å². The number of halogens is 1. The molecule has 1 saturated carbocycles. The smallest absolute Gasteiger partial charge is 0.270 e. The van der Waals surface area contributed by atoms with Gasteiger partial charge in [0.15, 0.2) is 0 Å². The summed E-state index contributed by atoms with van der Waals surface area (Å²) in [4.78, 5) is 25.2. The van der Waals surface area contributed by atoms with Crippen LogP contribution in [0.15, 0.2) is 26.8 Å². The summed E-state index contributed by atoms with van der Waals surface area (Å²) >= 11 is 7.59. The SMILES string of the molecule is Cc1nccc(Sc2c(N)nc(N3CCC4(CC[C@@H](C)[C@H]4N)CC3)n(C)c2=O)c1Cl. The number of pyridine rings is 1. The minimum absolute atomic E-state index is 0.167. The van der Waals surface area contributed by atoms with E-state index in [4.69, 9.17) is 23.1 Å². The van der Waals surface area contributed by atoms with E-state index in [1.165, 1.54) is 24.6 Å². The normalized spacial score (nSPS) is 23.3. The zero-order valence-corrected chi connectivity index (χ0v) is 19.3. The average molecular weight is 449 g/mol. The molecule has 7 nitrogen and oxygen atoms in total. The van der Waals surface area contributed by atoms with Crippen molar-refractivity contribution in [3.05, 3.63) is 33.3 Å². The molecule has 162 valence electrons. The molecule has 4 N–H and O–H groups in total. The number of rotatable bonds is 3. The van der Waals surface area contributed by atoms with Crippen molar-refractivity contribution in [1.29, 1.82) is 0 Å². The summed E-state index contributed by atoms with van der Waals surface area (Å²) in [6, 6.07) is 2.04.